The number of pyridine rings is 1. The van der Waals surface area contributed by atoms with E-state index in [1.165, 1.54) is 0 Å². The molecule has 8 heteroatoms. The number of rotatable bonds is 5. The molecule has 2 fully saturated rings. The van der Waals surface area contributed by atoms with E-state index in [0.717, 1.165) is 64.3 Å². The molecule has 160 valence electrons. The zero-order valence-electron chi connectivity index (χ0n) is 17.5. The molecular formula is C22H29N5O3. The number of carbonyl (C=O) groups excluding carboxylic acids is 1. The highest BCUT2D eigenvalue weighted by atomic mass is 16.6. The molecule has 2 saturated heterocycles. The molecule has 0 N–H and O–H groups in total. The zero-order chi connectivity index (χ0) is 21.1. The highest BCUT2D eigenvalue weighted by Crippen LogP contribution is 2.34. The number of nitro groups is 1. The summed E-state index contributed by atoms with van der Waals surface area (Å²) in [6.45, 7) is 8.51. The van der Waals surface area contributed by atoms with Gasteiger partial charge in [0, 0.05) is 58.0 Å². The predicted octanol–water partition coefficient (Wildman–Crippen LogP) is 2.91. The van der Waals surface area contributed by atoms with Crippen molar-refractivity contribution >= 4 is 28.2 Å². The maximum absolute atomic E-state index is 12.7. The number of aromatic nitrogens is 1. The van der Waals surface area contributed by atoms with Crippen molar-refractivity contribution in [1.82, 2.24) is 14.8 Å². The summed E-state index contributed by atoms with van der Waals surface area (Å²) in [5, 5.41) is 11.9. The van der Waals surface area contributed by atoms with Crippen molar-refractivity contribution in [2.24, 2.45) is 5.92 Å². The minimum Gasteiger partial charge on any atom is -0.370 e. The van der Waals surface area contributed by atoms with Gasteiger partial charge in [0.1, 0.15) is 5.52 Å². The molecular weight excluding hydrogens is 382 g/mol. The van der Waals surface area contributed by atoms with E-state index in [2.05, 4.69) is 21.7 Å². The van der Waals surface area contributed by atoms with E-state index >= 15 is 0 Å². The van der Waals surface area contributed by atoms with Crippen molar-refractivity contribution in [2.75, 3.05) is 50.7 Å². The molecule has 8 nitrogen and oxygen atoms in total. The van der Waals surface area contributed by atoms with Crippen LogP contribution < -0.4 is 4.90 Å². The molecule has 1 amide bonds. The van der Waals surface area contributed by atoms with E-state index < -0.39 is 0 Å². The van der Waals surface area contributed by atoms with Crippen LogP contribution >= 0.6 is 0 Å². The number of amides is 1. The number of likely N-dealkylation sites (N-methyl/N-ethyl adjacent to an activating group) is 1. The van der Waals surface area contributed by atoms with Crippen LogP contribution in [0.15, 0.2) is 30.5 Å². The van der Waals surface area contributed by atoms with Gasteiger partial charge in [0.2, 0.25) is 5.91 Å². The van der Waals surface area contributed by atoms with Gasteiger partial charge in [-0.2, -0.15) is 0 Å². The number of fused-ring (bicyclic) bond motifs is 1. The summed E-state index contributed by atoms with van der Waals surface area (Å²) in [4.78, 5) is 34.8. The molecule has 1 aromatic heterocycles. The monoisotopic (exact) mass is 411 g/mol. The minimum atomic E-state index is -0.355. The average Bonchev–Trinajstić information content (AvgIpc) is 2.79. The Hall–Kier alpha value is -2.74. The summed E-state index contributed by atoms with van der Waals surface area (Å²) < 4.78 is 0. The molecule has 30 heavy (non-hydrogen) atoms. The first-order valence-electron chi connectivity index (χ1n) is 10.8. The Morgan fingerprint density at radius 3 is 2.53 bits per heavy atom. The van der Waals surface area contributed by atoms with Gasteiger partial charge in [0.15, 0.2) is 0 Å². The van der Waals surface area contributed by atoms with Crippen LogP contribution in [0.1, 0.15) is 26.2 Å². The van der Waals surface area contributed by atoms with Gasteiger partial charge in [-0.25, -0.2) is 0 Å². The Labute approximate surface area is 176 Å². The summed E-state index contributed by atoms with van der Waals surface area (Å²) in [5.74, 6) is 0.682. The minimum absolute atomic E-state index is 0.0884. The molecule has 0 unspecified atom stereocenters. The molecule has 0 bridgehead atoms. The lowest BCUT2D eigenvalue weighted by Crippen LogP contribution is -2.49. The van der Waals surface area contributed by atoms with E-state index in [-0.39, 0.29) is 16.5 Å². The maximum atomic E-state index is 12.7. The number of nitrogens with zero attached hydrogens (tertiary/aromatic N) is 5. The summed E-state index contributed by atoms with van der Waals surface area (Å²) in [6, 6.07) is 6.88. The molecule has 0 radical (unpaired) electrons. The smallest absolute Gasteiger partial charge is 0.278 e. The zero-order valence-corrected chi connectivity index (χ0v) is 17.5. The number of anilines is 1. The maximum Gasteiger partial charge on any atom is 0.278 e. The Kier molecular flexibility index (Phi) is 6.13. The van der Waals surface area contributed by atoms with Crippen LogP contribution in [-0.4, -0.2) is 71.4 Å². The number of nitro benzene ring substituents is 1. The second kappa shape index (κ2) is 8.95. The molecule has 0 saturated carbocycles. The van der Waals surface area contributed by atoms with E-state index in [4.69, 9.17) is 0 Å². The van der Waals surface area contributed by atoms with Crippen molar-refractivity contribution in [3.05, 3.63) is 40.6 Å². The summed E-state index contributed by atoms with van der Waals surface area (Å²) in [7, 11) is 0. The quantitative estimate of drug-likeness (QED) is 0.556. The highest BCUT2D eigenvalue weighted by molar-refractivity contribution is 5.97. The third kappa shape index (κ3) is 4.23. The van der Waals surface area contributed by atoms with Crippen molar-refractivity contribution in [3.8, 4) is 0 Å². The van der Waals surface area contributed by atoms with Gasteiger partial charge in [-0.15, -0.1) is 0 Å². The second-order valence-electron chi connectivity index (χ2n) is 8.21. The van der Waals surface area contributed by atoms with E-state index in [1.807, 2.05) is 11.0 Å². The fourth-order valence-corrected chi connectivity index (χ4v) is 4.62. The van der Waals surface area contributed by atoms with Gasteiger partial charge >= 0.3 is 0 Å². The number of piperazine rings is 1. The lowest BCUT2D eigenvalue weighted by atomic mass is 9.92. The molecule has 2 aliphatic rings. The first-order valence-corrected chi connectivity index (χ1v) is 10.8. The van der Waals surface area contributed by atoms with E-state index in [9.17, 15) is 14.9 Å². The number of piperidine rings is 1. The summed E-state index contributed by atoms with van der Waals surface area (Å²) >= 11 is 0. The molecule has 0 aliphatic carbocycles. The van der Waals surface area contributed by atoms with Crippen molar-refractivity contribution < 1.29 is 9.72 Å². The van der Waals surface area contributed by atoms with E-state index in [0.29, 0.717) is 23.2 Å². The van der Waals surface area contributed by atoms with Crippen LogP contribution in [0.2, 0.25) is 0 Å². The first-order chi connectivity index (χ1) is 14.6. The van der Waals surface area contributed by atoms with Gasteiger partial charge in [0.05, 0.1) is 16.0 Å². The standard InChI is InChI=1S/C22H29N5O3/c1-2-24-12-14-26(15-13-24)21(28)16-17-7-10-25(11-8-17)20-6-5-19(27(29)30)18-4-3-9-23-22(18)20/h3-6,9,17H,2,7-8,10-16H2,1H3. The Balaban J connectivity index is 1.38. The summed E-state index contributed by atoms with van der Waals surface area (Å²) in [6.07, 6.45) is 4.20. The van der Waals surface area contributed by atoms with Crippen LogP contribution in [0.3, 0.4) is 0 Å². The SMILES string of the molecule is CCN1CCN(C(=O)CC2CCN(c3ccc([N+](=O)[O-])c4cccnc34)CC2)CC1. The third-order valence-electron chi connectivity index (χ3n) is 6.51. The Bertz CT molecular complexity index is 918. The van der Waals surface area contributed by atoms with Crippen LogP contribution in [-0.2, 0) is 4.79 Å². The van der Waals surface area contributed by atoms with Crippen molar-refractivity contribution in [2.45, 2.75) is 26.2 Å². The predicted molar refractivity (Wildman–Crippen MR) is 117 cm³/mol. The number of non-ortho nitro benzene ring substituents is 1. The first kappa shape index (κ1) is 20.5. The number of benzene rings is 1. The topological polar surface area (TPSA) is 82.8 Å². The average molecular weight is 412 g/mol. The molecule has 2 aliphatic heterocycles. The van der Waals surface area contributed by atoms with Crippen LogP contribution in [0.5, 0.6) is 0 Å². The van der Waals surface area contributed by atoms with Crippen LogP contribution in [0, 0.1) is 16.0 Å². The summed E-state index contributed by atoms with van der Waals surface area (Å²) in [5.41, 5.74) is 1.71. The lowest BCUT2D eigenvalue weighted by Gasteiger charge is -2.37. The van der Waals surface area contributed by atoms with E-state index in [1.54, 1.807) is 24.4 Å². The van der Waals surface area contributed by atoms with Gasteiger partial charge in [-0.05, 0) is 43.5 Å². The van der Waals surface area contributed by atoms with Gasteiger partial charge in [-0.3, -0.25) is 19.9 Å². The molecule has 2 aromatic rings. The normalized spacial score (nSPS) is 18.7. The highest BCUT2D eigenvalue weighted by Gasteiger charge is 2.27. The lowest BCUT2D eigenvalue weighted by molar-refractivity contribution is -0.383. The van der Waals surface area contributed by atoms with Gasteiger partial charge < -0.3 is 14.7 Å². The van der Waals surface area contributed by atoms with Gasteiger partial charge in [0.25, 0.3) is 5.69 Å². The van der Waals surface area contributed by atoms with Crippen molar-refractivity contribution in [3.63, 3.8) is 0 Å². The number of carbonyl (C=O) groups is 1. The molecule has 1 aromatic carbocycles. The number of hydrogen-bond acceptors (Lipinski definition) is 6. The van der Waals surface area contributed by atoms with Gasteiger partial charge in [-0.1, -0.05) is 6.92 Å². The molecule has 4 rings (SSSR count). The molecule has 0 spiro atoms. The van der Waals surface area contributed by atoms with Crippen LogP contribution in [0.4, 0.5) is 11.4 Å². The Morgan fingerprint density at radius 1 is 1.13 bits per heavy atom. The fourth-order valence-electron chi connectivity index (χ4n) is 4.62. The largest absolute Gasteiger partial charge is 0.370 e. The third-order valence-corrected chi connectivity index (χ3v) is 6.51. The molecule has 0 atom stereocenters. The second-order valence-corrected chi connectivity index (χ2v) is 8.21. The number of hydrogen-bond donors (Lipinski definition) is 0. The Morgan fingerprint density at radius 2 is 1.87 bits per heavy atom. The van der Waals surface area contributed by atoms with Crippen molar-refractivity contribution in [1.29, 1.82) is 0 Å². The van der Waals surface area contributed by atoms with Crippen LogP contribution in [0.25, 0.3) is 10.9 Å². The fraction of sp³-hybridized carbons (Fsp3) is 0.545. The molecule has 3 heterocycles.